The molecule has 7 heteroatoms. The Hall–Kier alpha value is -2.41. The van der Waals surface area contributed by atoms with E-state index in [2.05, 4.69) is 5.32 Å². The summed E-state index contributed by atoms with van der Waals surface area (Å²) in [5, 5.41) is 11.7. The van der Waals surface area contributed by atoms with Crippen molar-refractivity contribution >= 4 is 17.7 Å². The third kappa shape index (κ3) is 4.07. The molecule has 1 aromatic carbocycles. The molecule has 1 atom stereocenters. The van der Waals surface area contributed by atoms with Crippen molar-refractivity contribution in [3.8, 4) is 5.75 Å². The third-order valence-corrected chi connectivity index (χ3v) is 3.80. The number of ether oxygens (including phenoxy) is 2. The van der Waals surface area contributed by atoms with E-state index in [9.17, 15) is 19.5 Å². The molecule has 1 heterocycles. The third-order valence-electron chi connectivity index (χ3n) is 3.80. The van der Waals surface area contributed by atoms with E-state index in [4.69, 9.17) is 9.47 Å². The number of hydrogen-bond donors (Lipinski definition) is 2. The smallest absolute Gasteiger partial charge is 0.331 e. The van der Waals surface area contributed by atoms with Crippen molar-refractivity contribution in [3.63, 3.8) is 0 Å². The summed E-state index contributed by atoms with van der Waals surface area (Å²) >= 11 is 0. The van der Waals surface area contributed by atoms with E-state index in [0.29, 0.717) is 11.3 Å². The molecule has 1 fully saturated rings. The maximum absolute atomic E-state index is 12.0. The Bertz CT molecular complexity index is 589. The van der Waals surface area contributed by atoms with Crippen LogP contribution in [0.5, 0.6) is 5.75 Å². The van der Waals surface area contributed by atoms with Gasteiger partial charge in [-0.15, -0.1) is 0 Å². The Morgan fingerprint density at radius 1 is 1.26 bits per heavy atom. The molecule has 1 saturated heterocycles. The molecule has 1 aliphatic rings. The lowest BCUT2D eigenvalue weighted by Gasteiger charge is -2.23. The van der Waals surface area contributed by atoms with Gasteiger partial charge >= 0.3 is 5.97 Å². The van der Waals surface area contributed by atoms with Crippen molar-refractivity contribution in [2.75, 3.05) is 20.3 Å². The monoisotopic (exact) mass is 321 g/mol. The number of carbonyl (C=O) groups excluding carboxylic acids is 2. The lowest BCUT2D eigenvalue weighted by Crippen LogP contribution is -2.55. The first-order valence-corrected chi connectivity index (χ1v) is 7.26. The van der Waals surface area contributed by atoms with E-state index in [1.165, 1.54) is 7.11 Å². The van der Waals surface area contributed by atoms with Crippen LogP contribution < -0.4 is 10.1 Å². The second-order valence-corrected chi connectivity index (χ2v) is 5.39. The van der Waals surface area contributed by atoms with Gasteiger partial charge < -0.3 is 19.9 Å². The van der Waals surface area contributed by atoms with Gasteiger partial charge in [0, 0.05) is 31.4 Å². The average Bonchev–Trinajstić information content (AvgIpc) is 3.02. The molecule has 23 heavy (non-hydrogen) atoms. The highest BCUT2D eigenvalue weighted by Gasteiger charge is 2.43. The van der Waals surface area contributed by atoms with E-state index in [0.717, 1.165) is 0 Å². The lowest BCUT2D eigenvalue weighted by atomic mass is 9.98. The molecule has 7 nitrogen and oxygen atoms in total. The van der Waals surface area contributed by atoms with Crippen LogP contribution in [0.25, 0.3) is 0 Å². The number of rotatable bonds is 7. The number of hydrogen-bond acceptors (Lipinski definition) is 5. The summed E-state index contributed by atoms with van der Waals surface area (Å²) < 4.78 is 10.1. The Morgan fingerprint density at radius 3 is 2.48 bits per heavy atom. The van der Waals surface area contributed by atoms with Crippen LogP contribution in [-0.4, -0.2) is 48.6 Å². The quantitative estimate of drug-likeness (QED) is 0.727. The van der Waals surface area contributed by atoms with Crippen molar-refractivity contribution in [2.24, 2.45) is 0 Å². The molecule has 0 aliphatic carbocycles. The number of benzene rings is 1. The Kier molecular flexibility index (Phi) is 5.33. The summed E-state index contributed by atoms with van der Waals surface area (Å²) in [5.74, 6) is -1.14. The number of ketones is 1. The van der Waals surface area contributed by atoms with Gasteiger partial charge in [0.15, 0.2) is 11.3 Å². The number of carboxylic acids is 1. The van der Waals surface area contributed by atoms with Crippen molar-refractivity contribution in [3.05, 3.63) is 29.8 Å². The fourth-order valence-corrected chi connectivity index (χ4v) is 2.36. The predicted octanol–water partition coefficient (Wildman–Crippen LogP) is 1.02. The fraction of sp³-hybridized carbons (Fsp3) is 0.438. The van der Waals surface area contributed by atoms with Crippen LogP contribution >= 0.6 is 0 Å². The number of nitrogens with one attached hydrogen (secondary N) is 1. The summed E-state index contributed by atoms with van der Waals surface area (Å²) in [7, 11) is 1.53. The molecular formula is C16H19NO6. The molecule has 1 unspecified atom stereocenters. The molecule has 0 aromatic heterocycles. The summed E-state index contributed by atoms with van der Waals surface area (Å²) in [5.41, 5.74) is -0.893. The first kappa shape index (κ1) is 17.0. The summed E-state index contributed by atoms with van der Waals surface area (Å²) in [6.45, 7) is 0.234. The van der Waals surface area contributed by atoms with Gasteiger partial charge in [-0.2, -0.15) is 0 Å². The number of methoxy groups -OCH3 is 1. The van der Waals surface area contributed by atoms with Gasteiger partial charge in [-0.05, 0) is 24.3 Å². The molecule has 2 rings (SSSR count). The van der Waals surface area contributed by atoms with Gasteiger partial charge in [-0.1, -0.05) is 0 Å². The number of amides is 1. The van der Waals surface area contributed by atoms with Crippen LogP contribution in [0, 0.1) is 0 Å². The molecule has 1 amide bonds. The highest BCUT2D eigenvalue weighted by molar-refractivity contribution is 5.98. The SMILES string of the molecule is COc1ccc(C(=O)CCC(=O)NC2(C(=O)O)CCOC2)cc1. The predicted molar refractivity (Wildman–Crippen MR) is 80.5 cm³/mol. The first-order chi connectivity index (χ1) is 11.0. The highest BCUT2D eigenvalue weighted by Crippen LogP contribution is 2.19. The largest absolute Gasteiger partial charge is 0.497 e. The van der Waals surface area contributed by atoms with E-state index in [-0.39, 0.29) is 38.3 Å². The Labute approximate surface area is 133 Å². The van der Waals surface area contributed by atoms with E-state index >= 15 is 0 Å². The summed E-state index contributed by atoms with van der Waals surface area (Å²) in [6.07, 6.45) is 0.162. The van der Waals surface area contributed by atoms with Crippen LogP contribution in [0.2, 0.25) is 0 Å². The van der Waals surface area contributed by atoms with Crippen molar-refractivity contribution in [1.82, 2.24) is 5.32 Å². The van der Waals surface area contributed by atoms with E-state index in [1.807, 2.05) is 0 Å². The minimum atomic E-state index is -1.37. The number of carbonyl (C=O) groups is 3. The molecule has 0 saturated carbocycles. The van der Waals surface area contributed by atoms with Gasteiger partial charge in [0.25, 0.3) is 0 Å². The standard InChI is InChI=1S/C16H19NO6/c1-22-12-4-2-11(3-5-12)13(18)6-7-14(19)17-16(15(20)21)8-9-23-10-16/h2-5H,6-10H2,1H3,(H,17,19)(H,20,21). The zero-order valence-corrected chi connectivity index (χ0v) is 12.8. The van der Waals surface area contributed by atoms with Crippen LogP contribution in [0.15, 0.2) is 24.3 Å². The molecular weight excluding hydrogens is 302 g/mol. The molecule has 0 radical (unpaired) electrons. The lowest BCUT2D eigenvalue weighted by molar-refractivity contribution is -0.147. The summed E-state index contributed by atoms with van der Waals surface area (Å²) in [4.78, 5) is 35.3. The van der Waals surface area contributed by atoms with Crippen molar-refractivity contribution < 1.29 is 29.0 Å². The first-order valence-electron chi connectivity index (χ1n) is 7.26. The minimum absolute atomic E-state index is 0.00865. The maximum atomic E-state index is 12.0. The van der Waals surface area contributed by atoms with E-state index in [1.54, 1.807) is 24.3 Å². The molecule has 124 valence electrons. The average molecular weight is 321 g/mol. The second-order valence-electron chi connectivity index (χ2n) is 5.39. The molecule has 0 spiro atoms. The van der Waals surface area contributed by atoms with Gasteiger partial charge in [-0.25, -0.2) is 4.79 Å². The molecule has 0 bridgehead atoms. The van der Waals surface area contributed by atoms with Crippen LogP contribution in [-0.2, 0) is 14.3 Å². The van der Waals surface area contributed by atoms with Gasteiger partial charge in [-0.3, -0.25) is 9.59 Å². The number of aliphatic carboxylic acids is 1. The zero-order chi connectivity index (χ0) is 16.9. The topological polar surface area (TPSA) is 102 Å². The second kappa shape index (κ2) is 7.23. The minimum Gasteiger partial charge on any atom is -0.497 e. The molecule has 1 aliphatic heterocycles. The summed E-state index contributed by atoms with van der Waals surface area (Å²) in [6, 6.07) is 6.59. The van der Waals surface area contributed by atoms with E-state index < -0.39 is 17.4 Å². The molecule has 1 aromatic rings. The fourth-order valence-electron chi connectivity index (χ4n) is 2.36. The van der Waals surface area contributed by atoms with Crippen LogP contribution in [0.3, 0.4) is 0 Å². The Morgan fingerprint density at radius 2 is 1.96 bits per heavy atom. The maximum Gasteiger partial charge on any atom is 0.331 e. The normalized spacial score (nSPS) is 20.0. The van der Waals surface area contributed by atoms with Gasteiger partial charge in [0.05, 0.1) is 13.7 Å². The molecule has 2 N–H and O–H groups in total. The van der Waals surface area contributed by atoms with Crippen LogP contribution in [0.4, 0.5) is 0 Å². The highest BCUT2D eigenvalue weighted by atomic mass is 16.5. The zero-order valence-electron chi connectivity index (χ0n) is 12.8. The van der Waals surface area contributed by atoms with Gasteiger partial charge in [0.1, 0.15) is 5.75 Å². The van der Waals surface area contributed by atoms with Gasteiger partial charge in [0.2, 0.25) is 5.91 Å². The van der Waals surface area contributed by atoms with Crippen molar-refractivity contribution in [2.45, 2.75) is 24.8 Å². The number of carboxylic acid groups (broad SMARTS) is 1. The van der Waals surface area contributed by atoms with Crippen LogP contribution in [0.1, 0.15) is 29.6 Å². The Balaban J connectivity index is 1.88. The number of Topliss-reactive ketones (excluding diaryl/α,β-unsaturated/α-hetero) is 1. The van der Waals surface area contributed by atoms with Crippen molar-refractivity contribution in [1.29, 1.82) is 0 Å².